The first-order chi connectivity index (χ1) is 7.56. The van der Waals surface area contributed by atoms with Crippen LogP contribution in [0.5, 0.6) is 0 Å². The second kappa shape index (κ2) is 6.24. The van der Waals surface area contributed by atoms with Gasteiger partial charge in [0.2, 0.25) is 0 Å². The zero-order valence-corrected chi connectivity index (χ0v) is 10.9. The van der Waals surface area contributed by atoms with Gasteiger partial charge >= 0.3 is 0 Å². The number of ketones is 1. The maximum atomic E-state index is 11.8. The fourth-order valence-electron chi connectivity index (χ4n) is 1.23. The molecule has 0 fully saturated rings. The lowest BCUT2D eigenvalue weighted by atomic mass is 10.1. The van der Waals surface area contributed by atoms with Gasteiger partial charge in [0.15, 0.2) is 5.78 Å². The van der Waals surface area contributed by atoms with Crippen LogP contribution in [0, 0.1) is 0 Å². The van der Waals surface area contributed by atoms with Crippen LogP contribution in [0.15, 0.2) is 18.2 Å². The van der Waals surface area contributed by atoms with Crippen LogP contribution in [0.1, 0.15) is 30.6 Å². The number of rotatable bonds is 5. The highest BCUT2D eigenvalue weighted by Crippen LogP contribution is 2.25. The van der Waals surface area contributed by atoms with E-state index >= 15 is 0 Å². The molecule has 1 aromatic rings. The lowest BCUT2D eigenvalue weighted by molar-refractivity contribution is 0.0988. The van der Waals surface area contributed by atoms with E-state index in [1.165, 1.54) is 0 Å². The summed E-state index contributed by atoms with van der Waals surface area (Å²) in [6, 6.07) is 5.41. The van der Waals surface area contributed by atoms with Gasteiger partial charge in [-0.05, 0) is 25.5 Å². The Morgan fingerprint density at radius 2 is 2.12 bits per heavy atom. The molecule has 1 rings (SSSR count). The van der Waals surface area contributed by atoms with Crippen LogP contribution in [0.4, 0.5) is 0 Å². The molecule has 0 amide bonds. The summed E-state index contributed by atoms with van der Waals surface area (Å²) in [6.07, 6.45) is 0.983. The monoisotopic (exact) mass is 259 g/mol. The number of halogens is 2. The number of Topliss-reactive ketones (excluding diaryl/α,β-unsaturated/α-hetero) is 1. The summed E-state index contributed by atoms with van der Waals surface area (Å²) in [5, 5.41) is 3.87. The Labute approximate surface area is 106 Å². The van der Waals surface area contributed by atoms with Crippen molar-refractivity contribution in [3.63, 3.8) is 0 Å². The molecule has 1 unspecified atom stereocenters. The van der Waals surface area contributed by atoms with Crippen LogP contribution in [-0.2, 0) is 0 Å². The third-order valence-corrected chi connectivity index (χ3v) is 3.29. The molecule has 1 atom stereocenters. The lowest BCUT2D eigenvalue weighted by Gasteiger charge is -2.11. The van der Waals surface area contributed by atoms with Crippen molar-refractivity contribution in [2.75, 3.05) is 6.54 Å². The number of hydrogen-bond donors (Lipinski definition) is 1. The topological polar surface area (TPSA) is 29.1 Å². The van der Waals surface area contributed by atoms with Gasteiger partial charge in [0, 0.05) is 11.6 Å². The Balaban J connectivity index is 2.70. The van der Waals surface area contributed by atoms with Crippen molar-refractivity contribution in [3.8, 4) is 0 Å². The van der Waals surface area contributed by atoms with E-state index in [2.05, 4.69) is 12.2 Å². The van der Waals surface area contributed by atoms with Crippen molar-refractivity contribution in [3.05, 3.63) is 33.8 Å². The van der Waals surface area contributed by atoms with Gasteiger partial charge in [-0.2, -0.15) is 0 Å². The predicted octanol–water partition coefficient (Wildman–Crippen LogP) is 3.56. The second-order valence-electron chi connectivity index (χ2n) is 3.71. The Kier molecular flexibility index (Phi) is 5.26. The highest BCUT2D eigenvalue weighted by molar-refractivity contribution is 6.43. The Bertz CT molecular complexity index is 379. The van der Waals surface area contributed by atoms with Crippen LogP contribution >= 0.6 is 23.2 Å². The van der Waals surface area contributed by atoms with E-state index in [4.69, 9.17) is 23.2 Å². The van der Waals surface area contributed by atoms with E-state index in [0.29, 0.717) is 21.7 Å². The zero-order chi connectivity index (χ0) is 12.1. The summed E-state index contributed by atoms with van der Waals surface area (Å²) in [4.78, 5) is 11.8. The minimum Gasteiger partial charge on any atom is -0.307 e. The van der Waals surface area contributed by atoms with Gasteiger partial charge in [-0.1, -0.05) is 36.2 Å². The summed E-state index contributed by atoms with van der Waals surface area (Å²) >= 11 is 11.8. The number of nitrogens with one attached hydrogen (secondary N) is 1. The molecule has 4 heteroatoms. The average Bonchev–Trinajstić information content (AvgIpc) is 2.29. The van der Waals surface area contributed by atoms with Gasteiger partial charge in [-0.15, -0.1) is 0 Å². The van der Waals surface area contributed by atoms with Crippen LogP contribution in [0.2, 0.25) is 10.0 Å². The summed E-state index contributed by atoms with van der Waals surface area (Å²) in [6.45, 7) is 4.39. The fraction of sp³-hybridized carbons (Fsp3) is 0.417. The fourth-order valence-corrected chi connectivity index (χ4v) is 1.63. The predicted molar refractivity (Wildman–Crippen MR) is 68.5 cm³/mol. The van der Waals surface area contributed by atoms with E-state index in [1.807, 2.05) is 6.92 Å². The first-order valence-electron chi connectivity index (χ1n) is 5.26. The largest absolute Gasteiger partial charge is 0.307 e. The van der Waals surface area contributed by atoms with E-state index in [-0.39, 0.29) is 12.3 Å². The van der Waals surface area contributed by atoms with Crippen LogP contribution in [0.3, 0.4) is 0 Å². The van der Waals surface area contributed by atoms with Crippen molar-refractivity contribution >= 4 is 29.0 Å². The quantitative estimate of drug-likeness (QED) is 0.820. The maximum absolute atomic E-state index is 11.8. The Morgan fingerprint density at radius 3 is 2.75 bits per heavy atom. The molecule has 0 heterocycles. The van der Waals surface area contributed by atoms with Gasteiger partial charge < -0.3 is 5.32 Å². The minimum absolute atomic E-state index is 0.0344. The van der Waals surface area contributed by atoms with E-state index in [9.17, 15) is 4.79 Å². The molecule has 2 nitrogen and oxygen atoms in total. The average molecular weight is 260 g/mol. The maximum Gasteiger partial charge on any atom is 0.178 e. The number of hydrogen-bond acceptors (Lipinski definition) is 2. The van der Waals surface area contributed by atoms with Gasteiger partial charge in [-0.3, -0.25) is 4.79 Å². The molecule has 1 aromatic carbocycles. The van der Waals surface area contributed by atoms with Gasteiger partial charge in [0.05, 0.1) is 16.6 Å². The molecule has 1 N–H and O–H groups in total. The van der Waals surface area contributed by atoms with Crippen LogP contribution < -0.4 is 5.32 Å². The first kappa shape index (κ1) is 13.5. The van der Waals surface area contributed by atoms with Crippen molar-refractivity contribution in [1.82, 2.24) is 5.32 Å². The van der Waals surface area contributed by atoms with Gasteiger partial charge in [0.1, 0.15) is 0 Å². The summed E-state index contributed by atoms with van der Waals surface area (Å²) in [5.41, 5.74) is 0.477. The third-order valence-electron chi connectivity index (χ3n) is 2.48. The molecule has 0 saturated heterocycles. The molecule has 88 valence electrons. The molecule has 0 saturated carbocycles. The molecule has 0 bridgehead atoms. The number of carbonyl (C=O) groups is 1. The van der Waals surface area contributed by atoms with Gasteiger partial charge in [0.25, 0.3) is 0 Å². The minimum atomic E-state index is -0.0344. The molecule has 0 aliphatic heterocycles. The van der Waals surface area contributed by atoms with Crippen molar-refractivity contribution in [1.29, 1.82) is 0 Å². The van der Waals surface area contributed by atoms with Crippen molar-refractivity contribution < 1.29 is 4.79 Å². The SMILES string of the molecule is CCC(C)NCC(=O)c1cccc(Cl)c1Cl. The summed E-state index contributed by atoms with van der Waals surface area (Å²) in [7, 11) is 0. The first-order valence-corrected chi connectivity index (χ1v) is 6.02. The highest BCUT2D eigenvalue weighted by atomic mass is 35.5. The van der Waals surface area contributed by atoms with E-state index < -0.39 is 0 Å². The summed E-state index contributed by atoms with van der Waals surface area (Å²) in [5.74, 6) is -0.0344. The standard InChI is InChI=1S/C12H15Cl2NO/c1-3-8(2)15-7-11(16)9-5-4-6-10(13)12(9)14/h4-6,8,15H,3,7H2,1-2H3. The Hall–Kier alpha value is -0.570. The second-order valence-corrected chi connectivity index (χ2v) is 4.50. The van der Waals surface area contributed by atoms with Crippen LogP contribution in [0.25, 0.3) is 0 Å². The zero-order valence-electron chi connectivity index (χ0n) is 9.39. The lowest BCUT2D eigenvalue weighted by Crippen LogP contribution is -2.31. The summed E-state index contributed by atoms with van der Waals surface area (Å²) < 4.78 is 0. The molecule has 0 radical (unpaired) electrons. The third kappa shape index (κ3) is 3.48. The van der Waals surface area contributed by atoms with Crippen molar-refractivity contribution in [2.45, 2.75) is 26.3 Å². The molecule has 0 spiro atoms. The molecular formula is C12H15Cl2NO. The highest BCUT2D eigenvalue weighted by Gasteiger charge is 2.12. The molecule has 16 heavy (non-hydrogen) atoms. The number of carbonyl (C=O) groups excluding carboxylic acids is 1. The van der Waals surface area contributed by atoms with E-state index in [0.717, 1.165) is 6.42 Å². The number of benzene rings is 1. The van der Waals surface area contributed by atoms with Crippen molar-refractivity contribution in [2.24, 2.45) is 0 Å². The smallest absolute Gasteiger partial charge is 0.178 e. The normalized spacial score (nSPS) is 12.5. The van der Waals surface area contributed by atoms with Gasteiger partial charge in [-0.25, -0.2) is 0 Å². The molecule has 0 aliphatic carbocycles. The molecule has 0 aliphatic rings. The molecular weight excluding hydrogens is 245 g/mol. The molecule has 0 aromatic heterocycles. The van der Waals surface area contributed by atoms with E-state index in [1.54, 1.807) is 18.2 Å². The van der Waals surface area contributed by atoms with Crippen LogP contribution in [-0.4, -0.2) is 18.4 Å². The Morgan fingerprint density at radius 1 is 1.44 bits per heavy atom.